The Hall–Kier alpha value is -2.14. The summed E-state index contributed by atoms with van der Waals surface area (Å²) >= 11 is 0. The molecule has 1 N–H and O–H groups in total. The third-order valence-corrected chi connectivity index (χ3v) is 4.20. The van der Waals surface area contributed by atoms with Crippen LogP contribution in [0.15, 0.2) is 36.5 Å². The summed E-state index contributed by atoms with van der Waals surface area (Å²) < 4.78 is 11.5. The van der Waals surface area contributed by atoms with E-state index in [2.05, 4.69) is 10.2 Å². The fourth-order valence-electron chi connectivity index (χ4n) is 2.94. The van der Waals surface area contributed by atoms with Gasteiger partial charge < -0.3 is 14.6 Å². The maximum atomic E-state index is 10.5. The highest BCUT2D eigenvalue weighted by molar-refractivity contribution is 5.44. The maximum Gasteiger partial charge on any atom is 0.161 e. The van der Waals surface area contributed by atoms with Crippen LogP contribution in [0, 0.1) is 0 Å². The lowest BCUT2D eigenvalue weighted by Crippen LogP contribution is -2.12. The van der Waals surface area contributed by atoms with Crippen LogP contribution in [0.4, 0.5) is 0 Å². The van der Waals surface area contributed by atoms with Crippen LogP contribution in [0.25, 0.3) is 0 Å². The fraction of sp³-hybridized carbons (Fsp3) is 0.444. The number of hydrogen-bond acceptors (Lipinski definition) is 5. The van der Waals surface area contributed by atoms with Crippen molar-refractivity contribution in [2.24, 2.45) is 0 Å². The van der Waals surface area contributed by atoms with Crippen molar-refractivity contribution < 1.29 is 14.6 Å². The number of aromatic nitrogens is 2. The van der Waals surface area contributed by atoms with Crippen molar-refractivity contribution in [1.82, 2.24) is 10.2 Å². The van der Waals surface area contributed by atoms with Gasteiger partial charge in [-0.15, -0.1) is 0 Å². The quantitative estimate of drug-likeness (QED) is 0.887. The molecule has 122 valence electrons. The molecule has 1 aromatic carbocycles. The normalized spacial score (nSPS) is 16.3. The minimum atomic E-state index is -0.650. The van der Waals surface area contributed by atoms with Crippen molar-refractivity contribution in [1.29, 1.82) is 0 Å². The Balaban J connectivity index is 1.76. The molecule has 0 bridgehead atoms. The van der Waals surface area contributed by atoms with Crippen molar-refractivity contribution >= 4 is 0 Å². The van der Waals surface area contributed by atoms with E-state index in [4.69, 9.17) is 9.47 Å². The van der Waals surface area contributed by atoms with Gasteiger partial charge in [0.05, 0.1) is 25.0 Å². The van der Waals surface area contributed by atoms with E-state index in [1.54, 1.807) is 13.3 Å². The van der Waals surface area contributed by atoms with Gasteiger partial charge in [-0.2, -0.15) is 10.2 Å². The van der Waals surface area contributed by atoms with Crippen molar-refractivity contribution in [3.05, 3.63) is 47.8 Å². The van der Waals surface area contributed by atoms with Gasteiger partial charge in [-0.1, -0.05) is 6.07 Å². The van der Waals surface area contributed by atoms with Gasteiger partial charge in [-0.05, 0) is 55.5 Å². The molecule has 5 heteroatoms. The zero-order chi connectivity index (χ0) is 16.1. The fourth-order valence-corrected chi connectivity index (χ4v) is 2.94. The van der Waals surface area contributed by atoms with Crippen LogP contribution in [-0.2, 0) is 6.42 Å². The topological polar surface area (TPSA) is 64.5 Å². The lowest BCUT2D eigenvalue weighted by molar-refractivity contribution is 0.173. The molecule has 2 aromatic rings. The predicted molar refractivity (Wildman–Crippen MR) is 86.6 cm³/mol. The van der Waals surface area contributed by atoms with Gasteiger partial charge in [0.1, 0.15) is 0 Å². The number of aliphatic hydroxyl groups is 1. The number of methoxy groups -OCH3 is 1. The highest BCUT2D eigenvalue weighted by atomic mass is 16.5. The van der Waals surface area contributed by atoms with Gasteiger partial charge in [0.25, 0.3) is 0 Å². The van der Waals surface area contributed by atoms with E-state index < -0.39 is 6.10 Å². The Bertz CT molecular complexity index is 627. The summed E-state index contributed by atoms with van der Waals surface area (Å²) in [6, 6.07) is 9.26. The van der Waals surface area contributed by atoms with E-state index in [1.165, 1.54) is 12.8 Å². The minimum Gasteiger partial charge on any atom is -0.493 e. The summed E-state index contributed by atoms with van der Waals surface area (Å²) in [6.07, 6.45) is 6.22. The Morgan fingerprint density at radius 2 is 2.04 bits per heavy atom. The molecule has 0 spiro atoms. The monoisotopic (exact) mass is 314 g/mol. The molecule has 1 atom stereocenters. The predicted octanol–water partition coefficient (Wildman–Crippen LogP) is 3.08. The zero-order valence-electron chi connectivity index (χ0n) is 13.3. The first-order chi connectivity index (χ1) is 11.3. The molecule has 0 aliphatic heterocycles. The summed E-state index contributed by atoms with van der Waals surface area (Å²) in [7, 11) is 1.63. The smallest absolute Gasteiger partial charge is 0.161 e. The second-order valence-corrected chi connectivity index (χ2v) is 5.87. The molecule has 1 heterocycles. The van der Waals surface area contributed by atoms with Gasteiger partial charge in [0, 0.05) is 12.6 Å². The van der Waals surface area contributed by atoms with Crippen LogP contribution in [-0.4, -0.2) is 28.5 Å². The molecular weight excluding hydrogens is 292 g/mol. The Kier molecular flexibility index (Phi) is 5.08. The molecule has 1 aliphatic rings. The van der Waals surface area contributed by atoms with Gasteiger partial charge >= 0.3 is 0 Å². The molecule has 0 saturated heterocycles. The second kappa shape index (κ2) is 7.42. The number of nitrogens with zero attached hydrogens (tertiary/aromatic N) is 2. The van der Waals surface area contributed by atoms with Crippen LogP contribution in [0.2, 0.25) is 0 Å². The third kappa shape index (κ3) is 3.99. The van der Waals surface area contributed by atoms with Gasteiger partial charge in [-0.25, -0.2) is 0 Å². The van der Waals surface area contributed by atoms with E-state index in [0.29, 0.717) is 17.9 Å². The van der Waals surface area contributed by atoms with Crippen LogP contribution < -0.4 is 9.47 Å². The van der Waals surface area contributed by atoms with E-state index in [9.17, 15) is 5.11 Å². The Labute approximate surface area is 136 Å². The maximum absolute atomic E-state index is 10.5. The average Bonchev–Trinajstić information content (AvgIpc) is 3.09. The van der Waals surface area contributed by atoms with Crippen LogP contribution in [0.1, 0.15) is 43.0 Å². The number of hydrogen-bond donors (Lipinski definition) is 1. The molecule has 1 saturated carbocycles. The van der Waals surface area contributed by atoms with Crippen molar-refractivity contribution in [2.75, 3.05) is 7.11 Å². The molecular formula is C18H22N2O3. The largest absolute Gasteiger partial charge is 0.493 e. The Morgan fingerprint density at radius 1 is 1.22 bits per heavy atom. The zero-order valence-corrected chi connectivity index (χ0v) is 13.3. The van der Waals surface area contributed by atoms with E-state index >= 15 is 0 Å². The standard InChI is InChI=1S/C18H22N2O3/c1-22-17-9-8-13(11-18(17)23-15-6-2-3-7-15)16(21)12-14-5-4-10-19-20-14/h4-5,8-11,15-16,21H,2-3,6-7,12H2,1H3. The van der Waals surface area contributed by atoms with Crippen molar-refractivity contribution in [3.8, 4) is 11.5 Å². The molecule has 0 radical (unpaired) electrons. The summed E-state index contributed by atoms with van der Waals surface area (Å²) in [5, 5.41) is 18.3. The third-order valence-electron chi connectivity index (χ3n) is 4.20. The van der Waals surface area contributed by atoms with E-state index in [-0.39, 0.29) is 6.10 Å². The summed E-state index contributed by atoms with van der Waals surface area (Å²) in [5.74, 6) is 1.41. The number of aliphatic hydroxyl groups excluding tert-OH is 1. The molecule has 1 aromatic heterocycles. The molecule has 1 unspecified atom stereocenters. The molecule has 3 rings (SSSR count). The van der Waals surface area contributed by atoms with Crippen LogP contribution >= 0.6 is 0 Å². The van der Waals surface area contributed by atoms with Gasteiger partial charge in [0.2, 0.25) is 0 Å². The van der Waals surface area contributed by atoms with Gasteiger partial charge in [0.15, 0.2) is 11.5 Å². The van der Waals surface area contributed by atoms with Gasteiger partial charge in [-0.3, -0.25) is 0 Å². The summed E-state index contributed by atoms with van der Waals surface area (Å²) in [6.45, 7) is 0. The molecule has 1 fully saturated rings. The molecule has 5 nitrogen and oxygen atoms in total. The highest BCUT2D eigenvalue weighted by Gasteiger charge is 2.20. The average molecular weight is 314 g/mol. The van der Waals surface area contributed by atoms with E-state index in [0.717, 1.165) is 24.1 Å². The summed E-state index contributed by atoms with van der Waals surface area (Å²) in [5.41, 5.74) is 1.55. The highest BCUT2D eigenvalue weighted by Crippen LogP contribution is 2.34. The lowest BCUT2D eigenvalue weighted by Gasteiger charge is -2.18. The second-order valence-electron chi connectivity index (χ2n) is 5.87. The first-order valence-electron chi connectivity index (χ1n) is 8.05. The van der Waals surface area contributed by atoms with Crippen LogP contribution in [0.3, 0.4) is 0 Å². The van der Waals surface area contributed by atoms with E-state index in [1.807, 2.05) is 30.3 Å². The first-order valence-corrected chi connectivity index (χ1v) is 8.05. The minimum absolute atomic E-state index is 0.247. The molecule has 0 amide bonds. The van der Waals surface area contributed by atoms with Crippen molar-refractivity contribution in [3.63, 3.8) is 0 Å². The Morgan fingerprint density at radius 3 is 2.74 bits per heavy atom. The van der Waals surface area contributed by atoms with Crippen molar-refractivity contribution in [2.45, 2.75) is 44.3 Å². The molecule has 23 heavy (non-hydrogen) atoms. The first kappa shape index (κ1) is 15.7. The number of ether oxygens (including phenoxy) is 2. The molecule has 1 aliphatic carbocycles. The SMILES string of the molecule is COc1ccc(C(O)Cc2cccnn2)cc1OC1CCCC1. The number of benzene rings is 1. The number of rotatable bonds is 6. The van der Waals surface area contributed by atoms with Crippen LogP contribution in [0.5, 0.6) is 11.5 Å². The lowest BCUT2D eigenvalue weighted by atomic mass is 10.0. The summed E-state index contributed by atoms with van der Waals surface area (Å²) in [4.78, 5) is 0.